The Hall–Kier alpha value is -4.41. The van der Waals surface area contributed by atoms with Crippen molar-refractivity contribution in [3.8, 4) is 11.5 Å². The first-order valence-electron chi connectivity index (χ1n) is 12.1. The molecule has 2 aromatic heterocycles. The predicted molar refractivity (Wildman–Crippen MR) is 140 cm³/mol. The fourth-order valence-corrected chi connectivity index (χ4v) is 3.91. The highest BCUT2D eigenvalue weighted by atomic mass is 19.3. The summed E-state index contributed by atoms with van der Waals surface area (Å²) in [7, 11) is 1.12. The predicted octanol–water partition coefficient (Wildman–Crippen LogP) is 5.45. The number of alkyl halides is 2. The molecule has 0 aliphatic heterocycles. The summed E-state index contributed by atoms with van der Waals surface area (Å²) in [5, 5.41) is 9.12. The molecule has 11 heteroatoms. The number of nitrogens with one attached hydrogen (secondary N) is 2. The van der Waals surface area contributed by atoms with Gasteiger partial charge in [0.15, 0.2) is 0 Å². The lowest BCUT2D eigenvalue weighted by Gasteiger charge is -2.18. The first-order valence-corrected chi connectivity index (χ1v) is 12.1. The van der Waals surface area contributed by atoms with E-state index in [1.54, 1.807) is 17.8 Å². The summed E-state index contributed by atoms with van der Waals surface area (Å²) < 4.78 is 51.7. The highest BCUT2D eigenvalue weighted by Crippen LogP contribution is 2.36. The molecule has 4 aromatic rings. The van der Waals surface area contributed by atoms with Crippen LogP contribution >= 0.6 is 0 Å². The van der Waals surface area contributed by atoms with Gasteiger partial charge in [-0.25, -0.2) is 4.39 Å². The Balaban J connectivity index is 1.56. The Bertz CT molecular complexity index is 1560. The van der Waals surface area contributed by atoms with E-state index < -0.39 is 29.1 Å². The molecule has 0 spiro atoms. The largest absolute Gasteiger partial charge is 0.456 e. The molecule has 0 bridgehead atoms. The zero-order valence-corrected chi connectivity index (χ0v) is 22.1. The summed E-state index contributed by atoms with van der Waals surface area (Å²) in [6.07, 6.45) is 4.44. The van der Waals surface area contributed by atoms with Crippen LogP contribution in [0.3, 0.4) is 0 Å². The summed E-state index contributed by atoms with van der Waals surface area (Å²) in [5.74, 6) is -6.01. The zero-order chi connectivity index (χ0) is 28.5. The normalized spacial score (nSPS) is 11.9. The van der Waals surface area contributed by atoms with E-state index in [4.69, 9.17) is 4.74 Å². The van der Waals surface area contributed by atoms with Crippen molar-refractivity contribution in [1.29, 1.82) is 0 Å². The maximum absolute atomic E-state index is 15.0. The molecule has 0 aliphatic rings. The monoisotopic (exact) mass is 539 g/mol. The lowest BCUT2D eigenvalue weighted by atomic mass is 10.0. The minimum absolute atomic E-state index is 0.138. The lowest BCUT2D eigenvalue weighted by Crippen LogP contribution is -2.35. The third-order valence-corrected chi connectivity index (χ3v) is 6.04. The van der Waals surface area contributed by atoms with Crippen LogP contribution in [0.1, 0.15) is 37.5 Å². The van der Waals surface area contributed by atoms with Gasteiger partial charge >= 0.3 is 5.92 Å². The number of anilines is 1. The number of carbonyl (C=O) groups is 2. The van der Waals surface area contributed by atoms with Gasteiger partial charge in [0.2, 0.25) is 5.91 Å². The number of hydrogen-bond donors (Lipinski definition) is 2. The Morgan fingerprint density at radius 2 is 1.82 bits per heavy atom. The number of amides is 2. The van der Waals surface area contributed by atoms with Crippen molar-refractivity contribution in [3.05, 3.63) is 77.5 Å². The van der Waals surface area contributed by atoms with Crippen LogP contribution in [0.25, 0.3) is 10.9 Å². The molecule has 2 N–H and O–H groups in total. The Morgan fingerprint density at radius 3 is 2.49 bits per heavy atom. The van der Waals surface area contributed by atoms with Crippen molar-refractivity contribution in [2.24, 2.45) is 0 Å². The van der Waals surface area contributed by atoms with Crippen molar-refractivity contribution >= 4 is 28.4 Å². The molecular formula is C28H28F3N5O3. The lowest BCUT2D eigenvalue weighted by molar-refractivity contribution is -0.146. The second-order valence-electron chi connectivity index (χ2n) is 10.1. The van der Waals surface area contributed by atoms with Gasteiger partial charge in [-0.05, 0) is 63.1 Å². The second kappa shape index (κ2) is 10.4. The van der Waals surface area contributed by atoms with E-state index in [9.17, 15) is 18.4 Å². The molecule has 0 atom stereocenters. The molecule has 4 rings (SSSR count). The first kappa shape index (κ1) is 27.6. The number of pyridine rings is 1. The highest BCUT2D eigenvalue weighted by Gasteiger charge is 2.40. The van der Waals surface area contributed by atoms with E-state index in [-0.39, 0.29) is 34.4 Å². The number of benzene rings is 2. The quantitative estimate of drug-likeness (QED) is 0.326. The summed E-state index contributed by atoms with van der Waals surface area (Å²) in [4.78, 5) is 28.4. The molecule has 2 amide bonds. The summed E-state index contributed by atoms with van der Waals surface area (Å²) in [5.41, 5.74) is 0.742. The number of fused-ring (bicyclic) bond motifs is 1. The number of halogens is 3. The number of rotatable bonds is 7. The van der Waals surface area contributed by atoms with Gasteiger partial charge in [-0.3, -0.25) is 19.3 Å². The molecule has 0 fully saturated rings. The number of aromatic nitrogens is 3. The van der Waals surface area contributed by atoms with Crippen molar-refractivity contribution in [2.45, 2.75) is 45.6 Å². The summed E-state index contributed by atoms with van der Waals surface area (Å²) in [6, 6.07) is 7.70. The van der Waals surface area contributed by atoms with E-state index >= 15 is 4.39 Å². The number of nitrogens with zero attached hydrogens (tertiary/aromatic N) is 3. The number of carbonyl (C=O) groups excluding carboxylic acids is 2. The molecule has 8 nitrogen and oxygen atoms in total. The summed E-state index contributed by atoms with van der Waals surface area (Å²) in [6.45, 7) is 7.60. The van der Waals surface area contributed by atoms with Crippen molar-refractivity contribution < 1.29 is 27.5 Å². The van der Waals surface area contributed by atoms with Gasteiger partial charge in [0.05, 0.1) is 29.4 Å². The molecule has 2 heterocycles. The minimum Gasteiger partial charge on any atom is -0.456 e. The van der Waals surface area contributed by atoms with Gasteiger partial charge in [-0.15, -0.1) is 0 Å². The van der Waals surface area contributed by atoms with Crippen molar-refractivity contribution in [1.82, 2.24) is 20.1 Å². The van der Waals surface area contributed by atoms with Crippen molar-refractivity contribution in [3.63, 3.8) is 0 Å². The Morgan fingerprint density at radius 1 is 1.08 bits per heavy atom. The average Bonchev–Trinajstić information content (AvgIpc) is 3.35. The zero-order valence-electron chi connectivity index (χ0n) is 22.1. The van der Waals surface area contributed by atoms with Gasteiger partial charge in [0, 0.05) is 36.5 Å². The summed E-state index contributed by atoms with van der Waals surface area (Å²) >= 11 is 0. The fourth-order valence-electron chi connectivity index (χ4n) is 3.91. The van der Waals surface area contributed by atoms with E-state index in [0.29, 0.717) is 16.8 Å². The standard InChI is InChI=1S/C28H28F3N5O3/c1-16-10-17(11-25(37)35-19-14-34-36(15-19)27(2,3)4)21(29)13-24(16)39-23-8-9-33-22-7-6-18(12-20(22)23)28(30,31)26(38)32-5/h6-10,12-15H,11H2,1-5H3,(H,32,38)(H,35,37). The van der Waals surface area contributed by atoms with E-state index in [1.165, 1.54) is 30.6 Å². The Kier molecular flexibility index (Phi) is 7.36. The SMILES string of the molecule is CNC(=O)C(F)(F)c1ccc2nccc(Oc3cc(F)c(CC(=O)Nc4cnn(C(C)(C)C)c4)cc3C)c2c1. The van der Waals surface area contributed by atoms with Gasteiger partial charge in [0.1, 0.15) is 17.3 Å². The van der Waals surface area contributed by atoms with E-state index in [0.717, 1.165) is 25.2 Å². The van der Waals surface area contributed by atoms with Crippen LogP contribution in [-0.2, 0) is 27.5 Å². The van der Waals surface area contributed by atoms with Gasteiger partial charge in [-0.2, -0.15) is 13.9 Å². The number of ether oxygens (including phenoxy) is 1. The molecule has 0 unspecified atom stereocenters. The van der Waals surface area contributed by atoms with E-state index in [1.807, 2.05) is 26.1 Å². The van der Waals surface area contributed by atoms with Crippen molar-refractivity contribution in [2.75, 3.05) is 12.4 Å². The fraction of sp³-hybridized carbons (Fsp3) is 0.286. The van der Waals surface area contributed by atoms with E-state index in [2.05, 4.69) is 15.4 Å². The highest BCUT2D eigenvalue weighted by molar-refractivity contribution is 5.92. The van der Waals surface area contributed by atoms with Crippen LogP contribution in [-0.4, -0.2) is 33.6 Å². The van der Waals surface area contributed by atoms with Crippen LogP contribution in [0.2, 0.25) is 0 Å². The van der Waals surface area contributed by atoms with Crippen LogP contribution in [0.4, 0.5) is 18.9 Å². The topological polar surface area (TPSA) is 98.1 Å². The van der Waals surface area contributed by atoms with Gasteiger partial charge in [0.25, 0.3) is 5.91 Å². The molecule has 0 saturated carbocycles. The molecule has 39 heavy (non-hydrogen) atoms. The molecule has 0 aliphatic carbocycles. The molecule has 2 aromatic carbocycles. The van der Waals surface area contributed by atoms with Crippen LogP contribution in [0, 0.1) is 12.7 Å². The maximum atomic E-state index is 15.0. The number of likely N-dealkylation sites (N-methyl/N-ethyl adjacent to an activating group) is 1. The second-order valence-corrected chi connectivity index (χ2v) is 10.1. The minimum atomic E-state index is -3.77. The Labute approximate surface area is 223 Å². The number of aryl methyl sites for hydroxylation is 1. The molecule has 204 valence electrons. The third kappa shape index (κ3) is 5.87. The maximum Gasteiger partial charge on any atom is 0.349 e. The average molecular weight is 540 g/mol. The van der Waals surface area contributed by atoms with Crippen LogP contribution in [0.15, 0.2) is 55.0 Å². The third-order valence-electron chi connectivity index (χ3n) is 6.04. The molecule has 0 radical (unpaired) electrons. The van der Waals surface area contributed by atoms with Gasteiger partial charge < -0.3 is 15.4 Å². The smallest absolute Gasteiger partial charge is 0.349 e. The van der Waals surface area contributed by atoms with Crippen LogP contribution < -0.4 is 15.4 Å². The number of hydrogen-bond acceptors (Lipinski definition) is 5. The molecular weight excluding hydrogens is 511 g/mol. The molecule has 0 saturated heterocycles. The first-order chi connectivity index (χ1) is 18.3. The van der Waals surface area contributed by atoms with Gasteiger partial charge in [-0.1, -0.05) is 6.07 Å². The van der Waals surface area contributed by atoms with Crippen LogP contribution in [0.5, 0.6) is 11.5 Å².